The molecule has 0 unspecified atom stereocenters. The normalized spacial score (nSPS) is 18.7. The van der Waals surface area contributed by atoms with E-state index in [1.54, 1.807) is 17.0 Å². The monoisotopic (exact) mass is 484 g/mol. The lowest BCUT2D eigenvalue weighted by Gasteiger charge is -2.27. The number of morpholine rings is 1. The van der Waals surface area contributed by atoms with Gasteiger partial charge in [-0.1, -0.05) is 23.7 Å². The molecule has 2 aliphatic heterocycles. The predicted octanol–water partition coefficient (Wildman–Crippen LogP) is 2.47. The predicted molar refractivity (Wildman–Crippen MR) is 131 cm³/mol. The van der Waals surface area contributed by atoms with Crippen LogP contribution in [-0.4, -0.2) is 68.1 Å². The molecule has 2 saturated heterocycles. The molecule has 0 bridgehead atoms. The van der Waals surface area contributed by atoms with Crippen LogP contribution in [0.4, 0.5) is 11.4 Å². The largest absolute Gasteiger partial charge is 0.370 e. The van der Waals surface area contributed by atoms with Crippen molar-refractivity contribution in [3.8, 4) is 0 Å². The highest BCUT2D eigenvalue weighted by Gasteiger charge is 2.32. The Labute approximate surface area is 204 Å². The maximum atomic E-state index is 12.9. The van der Waals surface area contributed by atoms with E-state index in [4.69, 9.17) is 16.3 Å². The number of nitrogens with zero attached hydrogens (tertiary/aromatic N) is 2. The number of nitrogens with one attached hydrogen (secondary N) is 2. The van der Waals surface area contributed by atoms with Gasteiger partial charge in [-0.05, 0) is 67.8 Å². The lowest BCUT2D eigenvalue weighted by molar-refractivity contribution is -0.126. The summed E-state index contributed by atoms with van der Waals surface area (Å²) in [4.78, 5) is 40.9. The smallest absolute Gasteiger partial charge is 0.253 e. The molecular formula is C25H29ClN4O4. The zero-order chi connectivity index (χ0) is 23.9. The molecule has 2 aromatic rings. The van der Waals surface area contributed by atoms with Crippen LogP contribution in [0.2, 0.25) is 5.02 Å². The Kier molecular flexibility index (Phi) is 8.16. The first-order valence-corrected chi connectivity index (χ1v) is 11.9. The van der Waals surface area contributed by atoms with E-state index in [-0.39, 0.29) is 36.9 Å². The molecule has 9 heteroatoms. The molecule has 2 fully saturated rings. The molecule has 0 spiro atoms. The Morgan fingerprint density at radius 2 is 1.82 bits per heavy atom. The number of likely N-dealkylation sites (tertiary alicyclic amines) is 1. The summed E-state index contributed by atoms with van der Waals surface area (Å²) in [6.45, 7) is 2.55. The summed E-state index contributed by atoms with van der Waals surface area (Å²) in [6.07, 6.45) is 2.30. The number of halogens is 1. The molecule has 0 aromatic heterocycles. The van der Waals surface area contributed by atoms with Gasteiger partial charge in [0.15, 0.2) is 0 Å². The lowest BCUT2D eigenvalue weighted by Crippen LogP contribution is -2.45. The van der Waals surface area contributed by atoms with Gasteiger partial charge in [-0.3, -0.25) is 19.3 Å². The Morgan fingerprint density at radius 1 is 1.06 bits per heavy atom. The van der Waals surface area contributed by atoms with Gasteiger partial charge in [0.2, 0.25) is 11.8 Å². The highest BCUT2D eigenvalue weighted by Crippen LogP contribution is 2.22. The zero-order valence-corrected chi connectivity index (χ0v) is 19.7. The molecule has 2 aliphatic rings. The van der Waals surface area contributed by atoms with E-state index >= 15 is 0 Å². The third kappa shape index (κ3) is 6.34. The SMILES string of the molecule is O=C(CN1CCC[C@@H]1C(=O)Nc1ccc(N2CCOCC2=O)cc1)NCCc1ccc(Cl)cc1. The van der Waals surface area contributed by atoms with Crippen LogP contribution in [0.15, 0.2) is 48.5 Å². The van der Waals surface area contributed by atoms with Crippen molar-refractivity contribution in [1.29, 1.82) is 0 Å². The molecule has 3 amide bonds. The van der Waals surface area contributed by atoms with Crippen LogP contribution in [0.5, 0.6) is 0 Å². The number of hydrogen-bond donors (Lipinski definition) is 2. The summed E-state index contributed by atoms with van der Waals surface area (Å²) in [5, 5.41) is 6.57. The Morgan fingerprint density at radius 3 is 2.56 bits per heavy atom. The number of carbonyl (C=O) groups is 3. The van der Waals surface area contributed by atoms with Gasteiger partial charge in [-0.2, -0.15) is 0 Å². The average Bonchev–Trinajstić information content (AvgIpc) is 3.29. The molecule has 8 nitrogen and oxygen atoms in total. The van der Waals surface area contributed by atoms with Crippen molar-refractivity contribution < 1.29 is 19.1 Å². The number of carbonyl (C=O) groups excluding carboxylic acids is 3. The van der Waals surface area contributed by atoms with Crippen LogP contribution < -0.4 is 15.5 Å². The van der Waals surface area contributed by atoms with Gasteiger partial charge >= 0.3 is 0 Å². The van der Waals surface area contributed by atoms with Crippen LogP contribution in [-0.2, 0) is 25.5 Å². The fourth-order valence-electron chi connectivity index (χ4n) is 4.29. The van der Waals surface area contributed by atoms with E-state index in [1.165, 1.54) is 0 Å². The van der Waals surface area contributed by atoms with Gasteiger partial charge in [-0.15, -0.1) is 0 Å². The van der Waals surface area contributed by atoms with E-state index in [1.807, 2.05) is 41.3 Å². The summed E-state index contributed by atoms with van der Waals surface area (Å²) >= 11 is 5.90. The third-order valence-corrected chi connectivity index (χ3v) is 6.35. The quantitative estimate of drug-likeness (QED) is 0.600. The molecule has 2 aromatic carbocycles. The first-order chi connectivity index (χ1) is 16.5. The number of rotatable bonds is 8. The summed E-state index contributed by atoms with van der Waals surface area (Å²) in [5.74, 6) is -0.286. The average molecular weight is 485 g/mol. The van der Waals surface area contributed by atoms with E-state index in [0.29, 0.717) is 43.4 Å². The number of ether oxygens (including phenoxy) is 1. The minimum absolute atomic E-state index is 0.0731. The summed E-state index contributed by atoms with van der Waals surface area (Å²) in [7, 11) is 0. The van der Waals surface area contributed by atoms with Crippen LogP contribution in [0.1, 0.15) is 18.4 Å². The van der Waals surface area contributed by atoms with Crippen molar-refractivity contribution in [2.75, 3.05) is 49.6 Å². The van der Waals surface area contributed by atoms with Crippen LogP contribution in [0, 0.1) is 0 Å². The molecule has 2 heterocycles. The zero-order valence-electron chi connectivity index (χ0n) is 19.0. The minimum atomic E-state index is -0.345. The van der Waals surface area contributed by atoms with Gasteiger partial charge in [0.25, 0.3) is 5.91 Å². The van der Waals surface area contributed by atoms with Crippen molar-refractivity contribution in [1.82, 2.24) is 10.2 Å². The first-order valence-electron chi connectivity index (χ1n) is 11.5. The highest BCUT2D eigenvalue weighted by atomic mass is 35.5. The second-order valence-corrected chi connectivity index (χ2v) is 8.93. The summed E-state index contributed by atoms with van der Waals surface area (Å²) in [5.41, 5.74) is 2.55. The molecule has 0 saturated carbocycles. The van der Waals surface area contributed by atoms with Crippen molar-refractivity contribution >= 4 is 40.7 Å². The first kappa shape index (κ1) is 24.2. The van der Waals surface area contributed by atoms with E-state index < -0.39 is 0 Å². The summed E-state index contributed by atoms with van der Waals surface area (Å²) < 4.78 is 5.16. The van der Waals surface area contributed by atoms with Crippen molar-refractivity contribution in [3.63, 3.8) is 0 Å². The van der Waals surface area contributed by atoms with E-state index in [0.717, 1.165) is 24.1 Å². The van der Waals surface area contributed by atoms with Crippen molar-refractivity contribution in [2.24, 2.45) is 0 Å². The molecule has 34 heavy (non-hydrogen) atoms. The Balaban J connectivity index is 1.25. The fourth-order valence-corrected chi connectivity index (χ4v) is 4.42. The molecule has 1 atom stereocenters. The van der Waals surface area contributed by atoms with Gasteiger partial charge in [0, 0.05) is 29.5 Å². The topological polar surface area (TPSA) is 91.0 Å². The Hall–Kier alpha value is -2.94. The standard InChI is InChI=1S/C25H29ClN4O4/c26-19-5-3-18(4-6-19)11-12-27-23(31)16-29-13-1-2-22(29)25(33)28-20-7-9-21(10-8-20)30-14-15-34-17-24(30)32/h3-10,22H,1-2,11-17H2,(H,27,31)(H,28,33)/t22-/m1/s1. The third-order valence-electron chi connectivity index (χ3n) is 6.09. The van der Waals surface area contributed by atoms with Crippen molar-refractivity contribution in [2.45, 2.75) is 25.3 Å². The Bertz CT molecular complexity index is 1010. The highest BCUT2D eigenvalue weighted by molar-refractivity contribution is 6.30. The maximum Gasteiger partial charge on any atom is 0.253 e. The summed E-state index contributed by atoms with van der Waals surface area (Å²) in [6, 6.07) is 14.4. The second kappa shape index (κ2) is 11.5. The van der Waals surface area contributed by atoms with E-state index in [9.17, 15) is 14.4 Å². The minimum Gasteiger partial charge on any atom is -0.370 e. The molecule has 2 N–H and O–H groups in total. The van der Waals surface area contributed by atoms with Crippen molar-refractivity contribution in [3.05, 3.63) is 59.1 Å². The van der Waals surface area contributed by atoms with E-state index in [2.05, 4.69) is 10.6 Å². The van der Waals surface area contributed by atoms with Gasteiger partial charge < -0.3 is 20.3 Å². The molecular weight excluding hydrogens is 456 g/mol. The maximum absolute atomic E-state index is 12.9. The number of benzene rings is 2. The fraction of sp³-hybridized carbons (Fsp3) is 0.400. The van der Waals surface area contributed by atoms with Crippen LogP contribution in [0.25, 0.3) is 0 Å². The van der Waals surface area contributed by atoms with Gasteiger partial charge in [0.1, 0.15) is 6.61 Å². The number of anilines is 2. The lowest BCUT2D eigenvalue weighted by atomic mass is 10.1. The van der Waals surface area contributed by atoms with Crippen LogP contribution >= 0.6 is 11.6 Å². The molecule has 180 valence electrons. The molecule has 0 aliphatic carbocycles. The molecule has 4 rings (SSSR count). The van der Waals surface area contributed by atoms with Gasteiger partial charge in [-0.25, -0.2) is 0 Å². The van der Waals surface area contributed by atoms with Crippen LogP contribution in [0.3, 0.4) is 0 Å². The number of hydrogen-bond acceptors (Lipinski definition) is 5. The second-order valence-electron chi connectivity index (χ2n) is 8.49. The molecule has 0 radical (unpaired) electrons. The van der Waals surface area contributed by atoms with Gasteiger partial charge in [0.05, 0.1) is 19.2 Å². The number of amides is 3.